The third-order valence-electron chi connectivity index (χ3n) is 4.03. The van der Waals surface area contributed by atoms with Crippen molar-refractivity contribution in [2.45, 2.75) is 25.3 Å². The number of carbonyl (C=O) groups excluding carboxylic acids is 2. The largest absolute Gasteiger partial charge is 0.493 e. The molecule has 7 nitrogen and oxygen atoms in total. The molecular formula is C20H22ClNO6S. The van der Waals surface area contributed by atoms with Crippen LogP contribution in [0.4, 0.5) is 0 Å². The van der Waals surface area contributed by atoms with Crippen LogP contribution < -0.4 is 4.74 Å². The van der Waals surface area contributed by atoms with Gasteiger partial charge in [0.1, 0.15) is 18.9 Å². The molecule has 0 amide bonds. The zero-order chi connectivity index (χ0) is 21.6. The topological polar surface area (TPSA) is 90.0 Å². The van der Waals surface area contributed by atoms with E-state index >= 15 is 0 Å². The van der Waals surface area contributed by atoms with Crippen molar-refractivity contribution in [1.82, 2.24) is 4.31 Å². The summed E-state index contributed by atoms with van der Waals surface area (Å²) in [7, 11) is -2.58. The molecule has 0 unspecified atom stereocenters. The molecule has 0 aromatic heterocycles. The maximum Gasteiger partial charge on any atom is 0.321 e. The van der Waals surface area contributed by atoms with Crippen LogP contribution in [-0.2, 0) is 26.2 Å². The average Bonchev–Trinajstić information content (AvgIpc) is 2.67. The highest BCUT2D eigenvalue weighted by Crippen LogP contribution is 2.22. The highest BCUT2D eigenvalue weighted by molar-refractivity contribution is 7.89. The van der Waals surface area contributed by atoms with Gasteiger partial charge in [0.25, 0.3) is 0 Å². The average molecular weight is 440 g/mol. The van der Waals surface area contributed by atoms with E-state index in [2.05, 4.69) is 0 Å². The number of Topliss-reactive ketones (excluding diaryl/α,β-unsaturated/α-hetero) is 1. The molecule has 0 heterocycles. The van der Waals surface area contributed by atoms with E-state index in [1.54, 1.807) is 18.2 Å². The number of rotatable bonds is 9. The van der Waals surface area contributed by atoms with Crippen molar-refractivity contribution >= 4 is 33.4 Å². The first kappa shape index (κ1) is 22.9. The Kier molecular flexibility index (Phi) is 7.78. The minimum atomic E-state index is -3.86. The van der Waals surface area contributed by atoms with Crippen molar-refractivity contribution in [1.29, 1.82) is 0 Å². The Morgan fingerprint density at radius 1 is 1.10 bits per heavy atom. The van der Waals surface area contributed by atoms with Crippen LogP contribution in [0.5, 0.6) is 5.75 Å². The molecule has 0 aliphatic heterocycles. The molecule has 0 aliphatic rings. The molecule has 0 radical (unpaired) electrons. The fourth-order valence-corrected chi connectivity index (χ4v) is 3.71. The second kappa shape index (κ2) is 9.87. The van der Waals surface area contributed by atoms with Gasteiger partial charge in [-0.25, -0.2) is 8.42 Å². The Morgan fingerprint density at radius 3 is 2.34 bits per heavy atom. The first-order valence-electron chi connectivity index (χ1n) is 8.79. The third-order valence-corrected chi connectivity index (χ3v) is 6.10. The highest BCUT2D eigenvalue weighted by Gasteiger charge is 2.23. The maximum atomic E-state index is 12.5. The predicted molar refractivity (Wildman–Crippen MR) is 109 cm³/mol. The molecule has 0 atom stereocenters. The fraction of sp³-hybridized carbons (Fsp3) is 0.300. The zero-order valence-corrected chi connectivity index (χ0v) is 17.9. The molecule has 0 fully saturated rings. The van der Waals surface area contributed by atoms with E-state index < -0.39 is 22.5 Å². The number of halogens is 1. The van der Waals surface area contributed by atoms with Crippen LogP contribution in [0.2, 0.25) is 5.02 Å². The number of likely N-dealkylation sites (N-methyl/N-ethyl adjacent to an activating group) is 1. The van der Waals surface area contributed by atoms with Crippen LogP contribution in [0, 0.1) is 0 Å². The number of benzene rings is 2. The molecule has 2 rings (SSSR count). The lowest BCUT2D eigenvalue weighted by Crippen LogP contribution is -2.33. The normalized spacial score (nSPS) is 11.3. The number of esters is 1. The van der Waals surface area contributed by atoms with E-state index in [9.17, 15) is 18.0 Å². The zero-order valence-electron chi connectivity index (χ0n) is 16.3. The van der Waals surface area contributed by atoms with E-state index in [4.69, 9.17) is 21.1 Å². The second-order valence-corrected chi connectivity index (χ2v) is 8.67. The molecule has 0 spiro atoms. The van der Waals surface area contributed by atoms with Crippen molar-refractivity contribution in [2.24, 2.45) is 0 Å². The van der Waals surface area contributed by atoms with E-state index in [1.165, 1.54) is 38.2 Å². The van der Waals surface area contributed by atoms with Gasteiger partial charge in [0, 0.05) is 23.2 Å². The van der Waals surface area contributed by atoms with Crippen LogP contribution >= 0.6 is 11.6 Å². The lowest BCUT2D eigenvalue weighted by molar-refractivity contribution is -0.144. The summed E-state index contributed by atoms with van der Waals surface area (Å²) in [6.07, 6.45) is 0. The number of sulfonamides is 1. The Hall–Kier alpha value is -2.42. The van der Waals surface area contributed by atoms with Crippen LogP contribution in [0.15, 0.2) is 47.4 Å². The van der Waals surface area contributed by atoms with Crippen LogP contribution in [0.3, 0.4) is 0 Å². The molecule has 2 aromatic carbocycles. The minimum absolute atomic E-state index is 0.0185. The summed E-state index contributed by atoms with van der Waals surface area (Å²) in [5.74, 6) is -0.373. The van der Waals surface area contributed by atoms with Crippen molar-refractivity contribution in [2.75, 3.05) is 20.2 Å². The molecule has 9 heteroatoms. The SMILES string of the molecule is CCOc1ccc(C(C)=O)cc1COC(=O)CN(C)S(=O)(=O)c1ccc(Cl)cc1. The van der Waals surface area contributed by atoms with Crippen molar-refractivity contribution < 1.29 is 27.5 Å². The second-order valence-electron chi connectivity index (χ2n) is 6.19. The number of nitrogens with zero attached hydrogens (tertiary/aromatic N) is 1. The van der Waals surface area contributed by atoms with Gasteiger partial charge in [-0.15, -0.1) is 0 Å². The van der Waals surface area contributed by atoms with Gasteiger partial charge in [-0.2, -0.15) is 4.31 Å². The predicted octanol–water partition coefficient (Wildman–Crippen LogP) is 3.31. The fourth-order valence-electron chi connectivity index (χ4n) is 2.46. The highest BCUT2D eigenvalue weighted by atomic mass is 35.5. The monoisotopic (exact) mass is 439 g/mol. The molecule has 29 heavy (non-hydrogen) atoms. The first-order chi connectivity index (χ1) is 13.6. The van der Waals surface area contributed by atoms with Gasteiger partial charge in [0.2, 0.25) is 10.0 Å². The Balaban J connectivity index is 2.06. The molecule has 2 aromatic rings. The molecule has 0 aliphatic carbocycles. The smallest absolute Gasteiger partial charge is 0.321 e. The Bertz CT molecular complexity index is 989. The van der Waals surface area contributed by atoms with Crippen LogP contribution in [0.25, 0.3) is 0 Å². The number of carbonyl (C=O) groups is 2. The number of hydrogen-bond donors (Lipinski definition) is 0. The lowest BCUT2D eigenvalue weighted by atomic mass is 10.1. The molecule has 0 N–H and O–H groups in total. The summed E-state index contributed by atoms with van der Waals surface area (Å²) >= 11 is 5.78. The molecule has 156 valence electrons. The van der Waals surface area contributed by atoms with Crippen LogP contribution in [-0.4, -0.2) is 44.7 Å². The molecule has 0 bridgehead atoms. The lowest BCUT2D eigenvalue weighted by Gasteiger charge is -2.17. The van der Waals surface area contributed by atoms with Gasteiger partial charge in [-0.1, -0.05) is 11.6 Å². The van der Waals surface area contributed by atoms with Gasteiger partial charge in [-0.05, 0) is 56.3 Å². The summed E-state index contributed by atoms with van der Waals surface area (Å²) in [6, 6.07) is 10.5. The Labute approximate surface area is 175 Å². The van der Waals surface area contributed by atoms with E-state index in [0.717, 1.165) is 4.31 Å². The van der Waals surface area contributed by atoms with Gasteiger partial charge >= 0.3 is 5.97 Å². The van der Waals surface area contributed by atoms with Crippen molar-refractivity contribution in [3.05, 3.63) is 58.6 Å². The third kappa shape index (κ3) is 6.03. The summed E-state index contributed by atoms with van der Waals surface area (Å²) < 4.78 is 36.7. The maximum absolute atomic E-state index is 12.5. The summed E-state index contributed by atoms with van der Waals surface area (Å²) in [4.78, 5) is 23.8. The van der Waals surface area contributed by atoms with Crippen molar-refractivity contribution in [3.63, 3.8) is 0 Å². The van der Waals surface area contributed by atoms with Gasteiger partial charge in [0.15, 0.2) is 5.78 Å². The minimum Gasteiger partial charge on any atom is -0.493 e. The van der Waals surface area contributed by atoms with E-state index in [0.29, 0.717) is 28.5 Å². The van der Waals surface area contributed by atoms with E-state index in [-0.39, 0.29) is 17.3 Å². The van der Waals surface area contributed by atoms with E-state index in [1.807, 2.05) is 6.92 Å². The van der Waals surface area contributed by atoms with Crippen molar-refractivity contribution in [3.8, 4) is 5.75 Å². The quantitative estimate of drug-likeness (QED) is 0.440. The standard InChI is InChI=1S/C20H22ClNO6S/c1-4-27-19-10-5-15(14(2)23)11-16(19)13-28-20(24)12-22(3)29(25,26)18-8-6-17(21)7-9-18/h5-11H,4,12-13H2,1-3H3. The Morgan fingerprint density at radius 2 is 1.76 bits per heavy atom. The first-order valence-corrected chi connectivity index (χ1v) is 10.6. The van der Waals surface area contributed by atoms with Crippen LogP contribution in [0.1, 0.15) is 29.8 Å². The van der Waals surface area contributed by atoms with Gasteiger partial charge in [-0.3, -0.25) is 9.59 Å². The molecule has 0 saturated heterocycles. The summed E-state index contributed by atoms with van der Waals surface area (Å²) in [6.45, 7) is 3.03. The summed E-state index contributed by atoms with van der Waals surface area (Å²) in [5, 5.41) is 0.406. The van der Waals surface area contributed by atoms with Gasteiger partial charge in [0.05, 0.1) is 11.5 Å². The number of ether oxygens (including phenoxy) is 2. The molecule has 0 saturated carbocycles. The summed E-state index contributed by atoms with van der Waals surface area (Å²) in [5.41, 5.74) is 0.984. The van der Waals surface area contributed by atoms with Gasteiger partial charge < -0.3 is 9.47 Å². The molecular weight excluding hydrogens is 418 g/mol. The number of hydrogen-bond acceptors (Lipinski definition) is 6. The number of ketones is 1.